The summed E-state index contributed by atoms with van der Waals surface area (Å²) in [7, 11) is 0. The number of carbonyl (C=O) groups is 1. The Labute approximate surface area is 140 Å². The van der Waals surface area contributed by atoms with Gasteiger partial charge >= 0.3 is 0 Å². The minimum Gasteiger partial charge on any atom is -0.317 e. The van der Waals surface area contributed by atoms with Gasteiger partial charge in [0.2, 0.25) is 5.82 Å². The van der Waals surface area contributed by atoms with E-state index in [0.717, 1.165) is 18.2 Å². The molecule has 0 bridgehead atoms. The summed E-state index contributed by atoms with van der Waals surface area (Å²) in [6, 6.07) is 9.63. The van der Waals surface area contributed by atoms with Gasteiger partial charge in [0.1, 0.15) is 17.5 Å². The number of hydrogen-bond donors (Lipinski definition) is 1. The van der Waals surface area contributed by atoms with Gasteiger partial charge in [-0.15, -0.1) is 5.10 Å². The van der Waals surface area contributed by atoms with Gasteiger partial charge in [-0.25, -0.2) is 18.4 Å². The van der Waals surface area contributed by atoms with E-state index >= 15 is 0 Å². The second-order valence-corrected chi connectivity index (χ2v) is 5.39. The summed E-state index contributed by atoms with van der Waals surface area (Å²) >= 11 is 5.94. The second-order valence-electron chi connectivity index (χ2n) is 4.95. The normalized spacial score (nSPS) is 10.7. The molecule has 2 aromatic carbocycles. The molecule has 0 unspecified atom stereocenters. The summed E-state index contributed by atoms with van der Waals surface area (Å²) in [6.07, 6.45) is 0. The predicted octanol–water partition coefficient (Wildman–Crippen LogP) is 3.76. The zero-order valence-electron chi connectivity index (χ0n) is 12.4. The number of aromatic nitrogens is 3. The highest BCUT2D eigenvalue weighted by molar-refractivity contribution is 6.30. The highest BCUT2D eigenvalue weighted by Gasteiger charge is 2.17. The number of amides is 1. The van der Waals surface area contributed by atoms with Gasteiger partial charge in [-0.05, 0) is 37.3 Å². The van der Waals surface area contributed by atoms with Crippen LogP contribution in [0.15, 0.2) is 42.5 Å². The van der Waals surface area contributed by atoms with Gasteiger partial charge < -0.3 is 5.32 Å². The molecule has 1 heterocycles. The Bertz CT molecular complexity index is 926. The molecule has 0 radical (unpaired) electrons. The summed E-state index contributed by atoms with van der Waals surface area (Å²) in [6.45, 7) is 1.66. The molecule has 0 aliphatic carbocycles. The van der Waals surface area contributed by atoms with Gasteiger partial charge in [0.05, 0.1) is 11.4 Å². The Morgan fingerprint density at radius 3 is 2.75 bits per heavy atom. The number of hydrogen-bond acceptors (Lipinski definition) is 3. The molecule has 5 nitrogen and oxygen atoms in total. The SMILES string of the molecule is Cc1nc(C(=O)Nc2cc(F)ccc2F)nn1-c1cccc(Cl)c1. The Morgan fingerprint density at radius 1 is 1.21 bits per heavy atom. The fourth-order valence-electron chi connectivity index (χ4n) is 2.11. The van der Waals surface area contributed by atoms with Crippen LogP contribution in [0.2, 0.25) is 5.02 Å². The van der Waals surface area contributed by atoms with Gasteiger partial charge in [0, 0.05) is 11.1 Å². The largest absolute Gasteiger partial charge is 0.317 e. The van der Waals surface area contributed by atoms with Crippen LogP contribution in [0, 0.1) is 18.6 Å². The molecule has 0 fully saturated rings. The molecule has 3 rings (SSSR count). The maximum absolute atomic E-state index is 13.6. The Hall–Kier alpha value is -2.80. The molecule has 122 valence electrons. The average molecular weight is 349 g/mol. The van der Waals surface area contributed by atoms with Crippen molar-refractivity contribution in [2.45, 2.75) is 6.92 Å². The third-order valence-corrected chi connectivity index (χ3v) is 3.44. The first kappa shape index (κ1) is 16.1. The van der Waals surface area contributed by atoms with Crippen LogP contribution < -0.4 is 5.32 Å². The molecule has 3 aromatic rings. The first-order valence-corrected chi connectivity index (χ1v) is 7.28. The molecule has 1 N–H and O–H groups in total. The van der Waals surface area contributed by atoms with Crippen molar-refractivity contribution in [3.63, 3.8) is 0 Å². The minimum absolute atomic E-state index is 0.170. The van der Waals surface area contributed by atoms with Crippen molar-refractivity contribution < 1.29 is 13.6 Å². The van der Waals surface area contributed by atoms with E-state index < -0.39 is 17.5 Å². The van der Waals surface area contributed by atoms with Crippen molar-refractivity contribution in [3.05, 3.63) is 70.8 Å². The van der Waals surface area contributed by atoms with Crippen LogP contribution in [0.25, 0.3) is 5.69 Å². The van der Waals surface area contributed by atoms with Crippen LogP contribution in [0.4, 0.5) is 14.5 Å². The molecule has 0 saturated carbocycles. The Morgan fingerprint density at radius 2 is 2.00 bits per heavy atom. The lowest BCUT2D eigenvalue weighted by molar-refractivity contribution is 0.101. The number of carbonyl (C=O) groups excluding carboxylic acids is 1. The average Bonchev–Trinajstić information content (AvgIpc) is 2.93. The Kier molecular flexibility index (Phi) is 4.26. The summed E-state index contributed by atoms with van der Waals surface area (Å²) in [4.78, 5) is 16.2. The minimum atomic E-state index is -0.754. The molecule has 0 spiro atoms. The molecule has 24 heavy (non-hydrogen) atoms. The van der Waals surface area contributed by atoms with E-state index in [4.69, 9.17) is 11.6 Å². The van der Waals surface area contributed by atoms with Gasteiger partial charge in [-0.1, -0.05) is 17.7 Å². The lowest BCUT2D eigenvalue weighted by Gasteiger charge is -2.04. The van der Waals surface area contributed by atoms with Crippen molar-refractivity contribution in [3.8, 4) is 5.69 Å². The third kappa shape index (κ3) is 3.26. The van der Waals surface area contributed by atoms with E-state index in [9.17, 15) is 13.6 Å². The highest BCUT2D eigenvalue weighted by atomic mass is 35.5. The number of halogens is 3. The zero-order valence-corrected chi connectivity index (χ0v) is 13.2. The summed E-state index contributed by atoms with van der Waals surface area (Å²) in [5.74, 6) is -1.89. The number of nitrogens with one attached hydrogen (secondary N) is 1. The fraction of sp³-hybridized carbons (Fsp3) is 0.0625. The van der Waals surface area contributed by atoms with E-state index in [1.54, 1.807) is 31.2 Å². The second kappa shape index (κ2) is 6.37. The molecule has 0 aliphatic rings. The Balaban J connectivity index is 1.89. The van der Waals surface area contributed by atoms with Crippen LogP contribution >= 0.6 is 11.6 Å². The molecular weight excluding hydrogens is 338 g/mol. The van der Waals surface area contributed by atoms with Crippen LogP contribution in [-0.4, -0.2) is 20.7 Å². The molecule has 8 heteroatoms. The first-order chi connectivity index (χ1) is 11.4. The standard InChI is InChI=1S/C16H11ClF2N4O/c1-9-20-15(22-23(9)12-4-2-3-10(17)7-12)16(24)21-14-8-11(18)5-6-13(14)19/h2-8H,1H3,(H,21,24). The summed E-state index contributed by atoms with van der Waals surface area (Å²) < 4.78 is 28.2. The van der Waals surface area contributed by atoms with Gasteiger partial charge in [0.15, 0.2) is 0 Å². The van der Waals surface area contributed by atoms with Crippen molar-refractivity contribution in [2.75, 3.05) is 5.32 Å². The monoisotopic (exact) mass is 348 g/mol. The predicted molar refractivity (Wildman–Crippen MR) is 85.4 cm³/mol. The summed E-state index contributed by atoms with van der Waals surface area (Å²) in [5.41, 5.74) is 0.347. The highest BCUT2D eigenvalue weighted by Crippen LogP contribution is 2.18. The van der Waals surface area contributed by atoms with E-state index in [2.05, 4.69) is 15.4 Å². The topological polar surface area (TPSA) is 59.8 Å². The quantitative estimate of drug-likeness (QED) is 0.784. The summed E-state index contributed by atoms with van der Waals surface area (Å²) in [5, 5.41) is 6.85. The van der Waals surface area contributed by atoms with Crippen molar-refractivity contribution >= 4 is 23.2 Å². The number of benzene rings is 2. The number of rotatable bonds is 3. The van der Waals surface area contributed by atoms with E-state index in [1.807, 2.05) is 0 Å². The van der Waals surface area contributed by atoms with Crippen LogP contribution in [-0.2, 0) is 0 Å². The van der Waals surface area contributed by atoms with E-state index in [-0.39, 0.29) is 11.5 Å². The molecule has 0 saturated heterocycles. The van der Waals surface area contributed by atoms with Crippen molar-refractivity contribution in [1.29, 1.82) is 0 Å². The maximum Gasteiger partial charge on any atom is 0.295 e. The molecule has 1 aromatic heterocycles. The van der Waals surface area contributed by atoms with Crippen molar-refractivity contribution in [1.82, 2.24) is 14.8 Å². The number of anilines is 1. The van der Waals surface area contributed by atoms with Gasteiger partial charge in [-0.2, -0.15) is 0 Å². The molecule has 0 atom stereocenters. The van der Waals surface area contributed by atoms with Crippen LogP contribution in [0.1, 0.15) is 16.4 Å². The van der Waals surface area contributed by atoms with E-state index in [0.29, 0.717) is 16.5 Å². The lowest BCUT2D eigenvalue weighted by atomic mass is 10.3. The van der Waals surface area contributed by atoms with Crippen LogP contribution in [0.5, 0.6) is 0 Å². The van der Waals surface area contributed by atoms with Gasteiger partial charge in [-0.3, -0.25) is 4.79 Å². The zero-order chi connectivity index (χ0) is 17.3. The molecular formula is C16H11ClF2N4O. The first-order valence-electron chi connectivity index (χ1n) is 6.90. The van der Waals surface area contributed by atoms with Gasteiger partial charge in [0.25, 0.3) is 5.91 Å². The fourth-order valence-corrected chi connectivity index (χ4v) is 2.29. The number of nitrogens with zero attached hydrogens (tertiary/aromatic N) is 3. The van der Waals surface area contributed by atoms with Crippen molar-refractivity contribution in [2.24, 2.45) is 0 Å². The number of aryl methyl sites for hydroxylation is 1. The molecule has 0 aliphatic heterocycles. The third-order valence-electron chi connectivity index (χ3n) is 3.20. The van der Waals surface area contributed by atoms with Crippen LogP contribution in [0.3, 0.4) is 0 Å². The maximum atomic E-state index is 13.6. The lowest BCUT2D eigenvalue weighted by Crippen LogP contribution is -2.15. The molecule has 1 amide bonds. The smallest absolute Gasteiger partial charge is 0.295 e. The van der Waals surface area contributed by atoms with E-state index in [1.165, 1.54) is 4.68 Å².